The Balaban J connectivity index is 1.49. The number of aromatic amines is 1. The number of aromatic nitrogens is 1. The Hall–Kier alpha value is -0.840. The second-order valence-electron chi connectivity index (χ2n) is 5.55. The van der Waals surface area contributed by atoms with Gasteiger partial charge in [-0.2, -0.15) is 0 Å². The van der Waals surface area contributed by atoms with Crippen molar-refractivity contribution in [1.82, 2.24) is 15.2 Å². The van der Waals surface area contributed by atoms with Crippen LogP contribution < -0.4 is 5.32 Å². The van der Waals surface area contributed by atoms with Crippen LogP contribution in [0.1, 0.15) is 18.5 Å². The average Bonchev–Trinajstić information content (AvgIpc) is 2.88. The highest BCUT2D eigenvalue weighted by Crippen LogP contribution is 2.35. The summed E-state index contributed by atoms with van der Waals surface area (Å²) in [4.78, 5) is 5.93. The van der Waals surface area contributed by atoms with Crippen molar-refractivity contribution in [3.8, 4) is 0 Å². The minimum atomic E-state index is 0.275. The van der Waals surface area contributed by atoms with Crippen LogP contribution >= 0.6 is 0 Å². The maximum atomic E-state index is 5.46. The lowest BCUT2D eigenvalue weighted by molar-refractivity contribution is -0.0678. The summed E-state index contributed by atoms with van der Waals surface area (Å²) in [6.07, 6.45) is 4.52. The monoisotopic (exact) mass is 249 g/mol. The van der Waals surface area contributed by atoms with E-state index in [-0.39, 0.29) is 5.41 Å². The van der Waals surface area contributed by atoms with E-state index in [2.05, 4.69) is 27.3 Å². The second kappa shape index (κ2) is 5.43. The Morgan fingerprint density at radius 3 is 2.72 bits per heavy atom. The van der Waals surface area contributed by atoms with E-state index in [1.807, 2.05) is 6.20 Å². The molecule has 0 saturated carbocycles. The van der Waals surface area contributed by atoms with Crippen LogP contribution in [0.2, 0.25) is 0 Å². The van der Waals surface area contributed by atoms with E-state index in [1.54, 1.807) is 0 Å². The SMILES string of the molecule is c1c[nH]c(C2(CCCN3CCNCC3)COC2)c1. The predicted octanol–water partition coefficient (Wildman–Crippen LogP) is 0.968. The minimum Gasteiger partial charge on any atom is -0.379 e. The van der Waals surface area contributed by atoms with Crippen LogP contribution in [-0.2, 0) is 10.2 Å². The second-order valence-corrected chi connectivity index (χ2v) is 5.55. The molecule has 4 nitrogen and oxygen atoms in total. The van der Waals surface area contributed by atoms with E-state index < -0.39 is 0 Å². The number of nitrogens with zero attached hydrogens (tertiary/aromatic N) is 1. The van der Waals surface area contributed by atoms with Gasteiger partial charge in [-0.3, -0.25) is 0 Å². The van der Waals surface area contributed by atoms with Crippen molar-refractivity contribution in [3.05, 3.63) is 24.0 Å². The van der Waals surface area contributed by atoms with Gasteiger partial charge < -0.3 is 19.9 Å². The number of ether oxygens (including phenoxy) is 1. The fourth-order valence-electron chi connectivity index (χ4n) is 3.02. The van der Waals surface area contributed by atoms with E-state index in [1.165, 1.54) is 38.2 Å². The van der Waals surface area contributed by atoms with E-state index in [4.69, 9.17) is 4.74 Å². The highest BCUT2D eigenvalue weighted by molar-refractivity contribution is 5.20. The molecule has 3 rings (SSSR count). The molecule has 2 aliphatic rings. The van der Waals surface area contributed by atoms with Crippen molar-refractivity contribution >= 4 is 0 Å². The molecule has 0 spiro atoms. The summed E-state index contributed by atoms with van der Waals surface area (Å²) < 4.78 is 5.46. The molecule has 2 aliphatic heterocycles. The van der Waals surface area contributed by atoms with Gasteiger partial charge in [-0.15, -0.1) is 0 Å². The van der Waals surface area contributed by atoms with Gasteiger partial charge in [0.15, 0.2) is 0 Å². The molecule has 0 aromatic carbocycles. The number of hydrogen-bond donors (Lipinski definition) is 2. The molecule has 0 amide bonds. The maximum Gasteiger partial charge on any atom is 0.0600 e. The molecule has 1 aromatic rings. The van der Waals surface area contributed by atoms with Gasteiger partial charge in [-0.1, -0.05) is 0 Å². The molecular weight excluding hydrogens is 226 g/mol. The van der Waals surface area contributed by atoms with Crippen LogP contribution in [0.3, 0.4) is 0 Å². The average molecular weight is 249 g/mol. The molecule has 100 valence electrons. The van der Waals surface area contributed by atoms with Gasteiger partial charge in [0.05, 0.1) is 18.6 Å². The molecule has 2 N–H and O–H groups in total. The lowest BCUT2D eigenvalue weighted by Gasteiger charge is -2.41. The molecule has 2 saturated heterocycles. The van der Waals surface area contributed by atoms with Crippen LogP contribution in [0.25, 0.3) is 0 Å². The van der Waals surface area contributed by atoms with Crippen molar-refractivity contribution in [3.63, 3.8) is 0 Å². The lowest BCUT2D eigenvalue weighted by atomic mass is 9.78. The largest absolute Gasteiger partial charge is 0.379 e. The first-order valence-corrected chi connectivity index (χ1v) is 7.04. The molecule has 18 heavy (non-hydrogen) atoms. The Labute approximate surface area is 109 Å². The van der Waals surface area contributed by atoms with Crippen molar-refractivity contribution in [1.29, 1.82) is 0 Å². The Bertz CT molecular complexity index is 353. The molecule has 0 radical (unpaired) electrons. The van der Waals surface area contributed by atoms with Crippen LogP contribution in [-0.4, -0.2) is 55.8 Å². The number of hydrogen-bond acceptors (Lipinski definition) is 3. The van der Waals surface area contributed by atoms with E-state index in [9.17, 15) is 0 Å². The third-order valence-electron chi connectivity index (χ3n) is 4.27. The van der Waals surface area contributed by atoms with Gasteiger partial charge in [0, 0.05) is 38.1 Å². The summed E-state index contributed by atoms with van der Waals surface area (Å²) in [6.45, 7) is 7.68. The Kier molecular flexibility index (Phi) is 3.68. The smallest absolute Gasteiger partial charge is 0.0600 e. The Morgan fingerprint density at radius 1 is 1.28 bits per heavy atom. The number of H-pyrrole nitrogens is 1. The first kappa shape index (κ1) is 12.2. The molecular formula is C14H23N3O. The zero-order valence-corrected chi connectivity index (χ0v) is 11.0. The highest BCUT2D eigenvalue weighted by atomic mass is 16.5. The van der Waals surface area contributed by atoms with E-state index >= 15 is 0 Å². The first-order chi connectivity index (χ1) is 8.89. The third-order valence-corrected chi connectivity index (χ3v) is 4.27. The molecule has 0 bridgehead atoms. The summed E-state index contributed by atoms with van der Waals surface area (Å²) in [5.74, 6) is 0. The number of nitrogens with one attached hydrogen (secondary N) is 2. The third kappa shape index (κ3) is 2.46. The topological polar surface area (TPSA) is 40.3 Å². The Morgan fingerprint density at radius 2 is 2.11 bits per heavy atom. The fourth-order valence-corrected chi connectivity index (χ4v) is 3.02. The summed E-state index contributed by atoms with van der Waals surface area (Å²) in [6, 6.07) is 4.29. The number of piperazine rings is 1. The fraction of sp³-hybridized carbons (Fsp3) is 0.714. The standard InChI is InChI=1S/C14H23N3O/c1-3-13(16-5-1)14(11-18-12-14)4-2-8-17-9-6-15-7-10-17/h1,3,5,15-16H,2,4,6-12H2. The van der Waals surface area contributed by atoms with Crippen LogP contribution in [0.4, 0.5) is 0 Å². The summed E-state index contributed by atoms with van der Waals surface area (Å²) in [5.41, 5.74) is 1.63. The van der Waals surface area contributed by atoms with E-state index in [0.29, 0.717) is 0 Å². The number of rotatable bonds is 5. The lowest BCUT2D eigenvalue weighted by Crippen LogP contribution is -2.48. The molecule has 2 fully saturated rings. The van der Waals surface area contributed by atoms with Gasteiger partial charge in [0.2, 0.25) is 0 Å². The normalized spacial score (nSPS) is 23.8. The predicted molar refractivity (Wildman–Crippen MR) is 71.8 cm³/mol. The van der Waals surface area contributed by atoms with Gasteiger partial charge >= 0.3 is 0 Å². The molecule has 3 heterocycles. The molecule has 0 atom stereocenters. The zero-order chi connectivity index (χ0) is 12.3. The molecule has 0 aliphatic carbocycles. The maximum absolute atomic E-state index is 5.46. The van der Waals surface area contributed by atoms with Crippen LogP contribution in [0.5, 0.6) is 0 Å². The van der Waals surface area contributed by atoms with E-state index in [0.717, 1.165) is 26.3 Å². The van der Waals surface area contributed by atoms with Crippen molar-refractivity contribution < 1.29 is 4.74 Å². The van der Waals surface area contributed by atoms with Crippen LogP contribution in [0, 0.1) is 0 Å². The minimum absolute atomic E-state index is 0.275. The van der Waals surface area contributed by atoms with Gasteiger partial charge in [0.25, 0.3) is 0 Å². The summed E-state index contributed by atoms with van der Waals surface area (Å²) >= 11 is 0. The van der Waals surface area contributed by atoms with Gasteiger partial charge in [-0.25, -0.2) is 0 Å². The van der Waals surface area contributed by atoms with Crippen LogP contribution in [0.15, 0.2) is 18.3 Å². The first-order valence-electron chi connectivity index (χ1n) is 7.04. The van der Waals surface area contributed by atoms with Gasteiger partial charge in [0.1, 0.15) is 0 Å². The van der Waals surface area contributed by atoms with Gasteiger partial charge in [-0.05, 0) is 31.5 Å². The summed E-state index contributed by atoms with van der Waals surface area (Å²) in [7, 11) is 0. The molecule has 4 heteroatoms. The summed E-state index contributed by atoms with van der Waals surface area (Å²) in [5, 5.41) is 3.40. The highest BCUT2D eigenvalue weighted by Gasteiger charge is 2.40. The van der Waals surface area contributed by atoms with Crippen molar-refractivity contribution in [2.24, 2.45) is 0 Å². The molecule has 1 aromatic heterocycles. The van der Waals surface area contributed by atoms with Crippen molar-refractivity contribution in [2.45, 2.75) is 18.3 Å². The molecule has 0 unspecified atom stereocenters. The van der Waals surface area contributed by atoms with Crippen molar-refractivity contribution in [2.75, 3.05) is 45.9 Å². The zero-order valence-electron chi connectivity index (χ0n) is 11.0. The quantitative estimate of drug-likeness (QED) is 0.817.